The standard InChI is InChI=1S/C48H60N4O11/c1-11-21-52(23-31-18-13-12-14-19-31)47-50-36-33-34-41(56)29(7)44-35(33)45(58)48(9,63-44)61-22-20-32(60-10)26(4)43(62-30(8)53)28(6)40(55)27(5)39(54)24(2)16-15-17-25(3)46(59)49-38(42(34)57)37(36)51-47/h12-20,22,24,26-28,32,39-40,43,54-57H,11,21,23H2,1-10H3,(H,49,59)(H,50,51)/b16-15+,22-20+,25-17-/t24-,26+,27+,28+,32-,39-,40+,43+,48-/m0/s1. The molecule has 3 heterocycles. The largest absolute Gasteiger partial charge is 0.507 e. The van der Waals surface area contributed by atoms with Gasteiger partial charge in [0.2, 0.25) is 5.95 Å². The maximum Gasteiger partial charge on any atom is 0.312 e. The van der Waals surface area contributed by atoms with Crippen LogP contribution in [0.1, 0.15) is 83.3 Å². The maximum absolute atomic E-state index is 14.8. The molecule has 1 amide bonds. The zero-order valence-corrected chi connectivity index (χ0v) is 37.6. The van der Waals surface area contributed by atoms with E-state index in [1.54, 1.807) is 65.8 Å². The van der Waals surface area contributed by atoms with Crippen LogP contribution >= 0.6 is 0 Å². The molecule has 2 aliphatic heterocycles. The molecular formula is C48H60N4O11. The second kappa shape index (κ2) is 18.8. The Labute approximate surface area is 367 Å². The number of carbonyl (C=O) groups excluding carboxylic acids is 3. The van der Waals surface area contributed by atoms with Crippen LogP contribution < -0.4 is 15.0 Å². The van der Waals surface area contributed by atoms with Crippen molar-refractivity contribution in [3.8, 4) is 17.2 Å². The van der Waals surface area contributed by atoms with E-state index in [2.05, 4.69) is 10.3 Å². The number of phenolic OH excluding ortho intramolecular Hbond substituents is 2. The number of aromatic amines is 1. The van der Waals surface area contributed by atoms with Crippen LogP contribution in [0.4, 0.5) is 11.6 Å². The van der Waals surface area contributed by atoms with Crippen molar-refractivity contribution in [1.82, 2.24) is 9.97 Å². The number of Topliss-reactive ketones (excluding diaryl/α,β-unsaturated/α-hetero) is 1. The lowest BCUT2D eigenvalue weighted by Crippen LogP contribution is -2.46. The normalized spacial score (nSPS) is 28.9. The van der Waals surface area contributed by atoms with Crippen LogP contribution in [-0.2, 0) is 30.3 Å². The van der Waals surface area contributed by atoms with Crippen molar-refractivity contribution in [3.05, 3.63) is 83.2 Å². The Kier molecular flexibility index (Phi) is 13.9. The number of amides is 1. The van der Waals surface area contributed by atoms with Crippen LogP contribution in [0, 0.1) is 30.6 Å². The predicted molar refractivity (Wildman–Crippen MR) is 240 cm³/mol. The van der Waals surface area contributed by atoms with Crippen molar-refractivity contribution in [2.75, 3.05) is 23.9 Å². The number of phenols is 2. The number of ether oxygens (including phenoxy) is 4. The van der Waals surface area contributed by atoms with Gasteiger partial charge in [0.25, 0.3) is 11.7 Å². The van der Waals surface area contributed by atoms with Crippen molar-refractivity contribution in [2.45, 2.75) is 105 Å². The number of hydrogen-bond donors (Lipinski definition) is 6. The number of nitrogens with one attached hydrogen (secondary N) is 2. The van der Waals surface area contributed by atoms with Crippen molar-refractivity contribution >= 4 is 51.1 Å². The Bertz CT molecular complexity index is 2460. The van der Waals surface area contributed by atoms with Gasteiger partial charge in [-0.25, -0.2) is 4.98 Å². The van der Waals surface area contributed by atoms with Gasteiger partial charge in [-0.15, -0.1) is 0 Å². The number of imidazole rings is 1. The first-order chi connectivity index (χ1) is 29.8. The van der Waals surface area contributed by atoms with Crippen molar-refractivity contribution in [3.63, 3.8) is 0 Å². The van der Waals surface area contributed by atoms with E-state index in [1.807, 2.05) is 42.2 Å². The number of aromatic hydroxyl groups is 2. The molecule has 338 valence electrons. The molecule has 0 aliphatic carbocycles. The Balaban J connectivity index is 1.57. The zero-order chi connectivity index (χ0) is 46.1. The summed E-state index contributed by atoms with van der Waals surface area (Å²) in [5.74, 6) is -6.68. The van der Waals surface area contributed by atoms with Crippen LogP contribution in [0.15, 0.2) is 66.5 Å². The Hall–Kier alpha value is -5.90. The van der Waals surface area contributed by atoms with E-state index in [0.29, 0.717) is 19.0 Å². The molecule has 2 aliphatic rings. The second-order valence-corrected chi connectivity index (χ2v) is 17.0. The van der Waals surface area contributed by atoms with Gasteiger partial charge >= 0.3 is 11.8 Å². The van der Waals surface area contributed by atoms with Crippen LogP contribution in [0.5, 0.6) is 17.2 Å². The van der Waals surface area contributed by atoms with E-state index in [1.165, 1.54) is 27.2 Å². The number of aromatic nitrogens is 2. The molecule has 0 fully saturated rings. The first-order valence-electron chi connectivity index (χ1n) is 21.4. The van der Waals surface area contributed by atoms with E-state index in [-0.39, 0.29) is 49.9 Å². The van der Waals surface area contributed by atoms with Gasteiger partial charge in [0.15, 0.2) is 5.75 Å². The molecule has 4 bridgehead atoms. The second-order valence-electron chi connectivity index (χ2n) is 17.0. The molecule has 4 aromatic rings. The molecule has 6 rings (SSSR count). The number of H-pyrrole nitrogens is 1. The predicted octanol–water partition coefficient (Wildman–Crippen LogP) is 7.34. The quantitative estimate of drug-likeness (QED) is 0.0794. The third-order valence-corrected chi connectivity index (χ3v) is 12.5. The van der Waals surface area contributed by atoms with Crippen molar-refractivity contribution in [1.29, 1.82) is 0 Å². The monoisotopic (exact) mass is 868 g/mol. The Morgan fingerprint density at radius 3 is 2.32 bits per heavy atom. The molecule has 6 N–H and O–H groups in total. The lowest BCUT2D eigenvalue weighted by molar-refractivity contribution is -0.160. The summed E-state index contributed by atoms with van der Waals surface area (Å²) in [6.45, 7) is 15.9. The number of allylic oxidation sites excluding steroid dienone is 2. The Morgan fingerprint density at radius 2 is 1.67 bits per heavy atom. The average Bonchev–Trinajstić information content (AvgIpc) is 3.81. The van der Waals surface area contributed by atoms with Gasteiger partial charge in [-0.1, -0.05) is 83.2 Å². The van der Waals surface area contributed by atoms with Crippen molar-refractivity contribution < 1.29 is 53.8 Å². The number of esters is 1. The van der Waals surface area contributed by atoms with E-state index in [4.69, 9.17) is 23.9 Å². The molecule has 15 heteroatoms. The first kappa shape index (κ1) is 46.6. The molecule has 0 saturated heterocycles. The highest BCUT2D eigenvalue weighted by Gasteiger charge is 2.50. The molecule has 3 aromatic carbocycles. The zero-order valence-electron chi connectivity index (χ0n) is 37.6. The molecule has 0 spiro atoms. The van der Waals surface area contributed by atoms with E-state index >= 15 is 0 Å². The number of hydrogen-bond acceptors (Lipinski definition) is 13. The lowest BCUT2D eigenvalue weighted by Gasteiger charge is -2.38. The molecule has 15 nitrogen and oxygen atoms in total. The molecule has 0 saturated carbocycles. The average molecular weight is 869 g/mol. The molecule has 0 radical (unpaired) electrons. The minimum atomic E-state index is -1.98. The lowest BCUT2D eigenvalue weighted by atomic mass is 9.78. The van der Waals surface area contributed by atoms with Crippen LogP contribution in [0.3, 0.4) is 0 Å². The van der Waals surface area contributed by atoms with Crippen LogP contribution in [0.2, 0.25) is 0 Å². The highest BCUT2D eigenvalue weighted by atomic mass is 16.7. The number of anilines is 2. The smallest absolute Gasteiger partial charge is 0.312 e. The van der Waals surface area contributed by atoms with E-state index in [9.17, 15) is 34.8 Å². The number of ketones is 1. The fourth-order valence-electron chi connectivity index (χ4n) is 8.69. The molecular weight excluding hydrogens is 809 g/mol. The minimum Gasteiger partial charge on any atom is -0.507 e. The summed E-state index contributed by atoms with van der Waals surface area (Å²) < 4.78 is 24.0. The number of methoxy groups -OCH3 is 1. The summed E-state index contributed by atoms with van der Waals surface area (Å²) >= 11 is 0. The number of aliphatic hydroxyl groups is 2. The summed E-state index contributed by atoms with van der Waals surface area (Å²) in [5.41, 5.74) is 1.69. The van der Waals surface area contributed by atoms with Gasteiger partial charge in [-0.05, 0) is 31.9 Å². The highest BCUT2D eigenvalue weighted by Crippen LogP contribution is 2.54. The van der Waals surface area contributed by atoms with Gasteiger partial charge in [0.1, 0.15) is 28.8 Å². The van der Waals surface area contributed by atoms with Crippen molar-refractivity contribution in [2.24, 2.45) is 23.7 Å². The number of aliphatic hydroxyl groups excluding tert-OH is 2. The third kappa shape index (κ3) is 9.00. The summed E-state index contributed by atoms with van der Waals surface area (Å²) in [6, 6.07) is 9.80. The summed E-state index contributed by atoms with van der Waals surface area (Å²) in [7, 11) is 1.46. The number of fused-ring (bicyclic) bond motifs is 1. The van der Waals surface area contributed by atoms with Gasteiger partial charge in [0, 0.05) is 74.2 Å². The van der Waals surface area contributed by atoms with Gasteiger partial charge in [0.05, 0.1) is 41.0 Å². The number of carbonyl (C=O) groups is 3. The van der Waals surface area contributed by atoms with E-state index in [0.717, 1.165) is 12.0 Å². The third-order valence-electron chi connectivity index (χ3n) is 12.5. The summed E-state index contributed by atoms with van der Waals surface area (Å²) in [6.07, 6.45) is 4.63. The molecule has 1 aromatic heterocycles. The molecule has 9 atom stereocenters. The summed E-state index contributed by atoms with van der Waals surface area (Å²) in [5, 5.41) is 49.8. The fraction of sp³-hybridized carbons (Fsp3) is 0.458. The van der Waals surface area contributed by atoms with Gasteiger partial charge < -0.3 is 54.6 Å². The number of rotatable bonds is 7. The first-order valence-corrected chi connectivity index (χ1v) is 21.4. The number of benzene rings is 3. The van der Waals surface area contributed by atoms with Gasteiger partial charge in [-0.2, -0.15) is 0 Å². The van der Waals surface area contributed by atoms with Crippen LogP contribution in [0.25, 0.3) is 21.8 Å². The Morgan fingerprint density at radius 1 is 0.968 bits per heavy atom. The van der Waals surface area contributed by atoms with Gasteiger partial charge in [-0.3, -0.25) is 14.4 Å². The van der Waals surface area contributed by atoms with E-state index < -0.39 is 83.0 Å². The SMILES string of the molecule is CCCN(Cc1ccccc1)c1nc2c([nH]1)c1c(O)c3c(O)c(C)c4c(c32)C(=O)[C@@](C)(O/C=C/[C@H](OC)[C@@H](C)[C@@H](OC(C)=O)[C@H](C)[C@H](O)[C@H](C)[C@@H](O)[C@@H](C)/C=C/C=C(/C)C(=O)N1)O4. The van der Waals surface area contributed by atoms with Crippen LogP contribution in [-0.4, -0.2) is 91.9 Å². The molecule has 63 heavy (non-hydrogen) atoms. The topological polar surface area (TPSA) is 213 Å². The highest BCUT2D eigenvalue weighted by molar-refractivity contribution is 6.28. The fourth-order valence-corrected chi connectivity index (χ4v) is 8.69. The minimum absolute atomic E-state index is 0.00743. The maximum atomic E-state index is 14.8. The number of nitrogens with zero attached hydrogens (tertiary/aromatic N) is 2. The molecule has 0 unspecified atom stereocenters. The summed E-state index contributed by atoms with van der Waals surface area (Å²) in [4.78, 5) is 51.5.